The summed E-state index contributed by atoms with van der Waals surface area (Å²) < 4.78 is 11.1. The van der Waals surface area contributed by atoms with Gasteiger partial charge in [0.05, 0.1) is 17.3 Å². The average Bonchev–Trinajstić information content (AvgIpc) is 2.97. The van der Waals surface area contributed by atoms with E-state index in [1.165, 1.54) is 6.08 Å². The SMILES string of the molecule is CC1=CC(=O)[C@@H](O)[C@]2(C)C3C(=O)OC[C@@]34[C@@H](C[C@H]12)OC(=O)[C@@H](C)[C@@H]4CC(=O)O. The van der Waals surface area contributed by atoms with E-state index < -0.39 is 64.5 Å². The molecular formula is C20H24O8. The van der Waals surface area contributed by atoms with Crippen LogP contribution < -0.4 is 0 Å². The lowest BCUT2D eigenvalue weighted by Crippen LogP contribution is -2.69. The molecule has 0 radical (unpaired) electrons. The van der Waals surface area contributed by atoms with Gasteiger partial charge in [0, 0.05) is 11.8 Å². The Bertz CT molecular complexity index is 815. The predicted octanol–water partition coefficient (Wildman–Crippen LogP) is 0.714. The smallest absolute Gasteiger partial charge is 0.310 e. The van der Waals surface area contributed by atoms with Crippen LogP contribution in [0.4, 0.5) is 0 Å². The zero-order valence-electron chi connectivity index (χ0n) is 16.0. The number of aliphatic carboxylic acids is 1. The van der Waals surface area contributed by atoms with Gasteiger partial charge in [-0.05, 0) is 31.3 Å². The Morgan fingerprint density at radius 1 is 1.29 bits per heavy atom. The lowest BCUT2D eigenvalue weighted by atomic mass is 9.42. The van der Waals surface area contributed by atoms with Crippen LogP contribution in [0.15, 0.2) is 11.6 Å². The van der Waals surface area contributed by atoms with Gasteiger partial charge in [-0.25, -0.2) is 0 Å². The first-order valence-electron chi connectivity index (χ1n) is 9.54. The Hall–Kier alpha value is -2.22. The van der Waals surface area contributed by atoms with Gasteiger partial charge in [-0.3, -0.25) is 19.2 Å². The molecule has 8 atom stereocenters. The molecule has 28 heavy (non-hydrogen) atoms. The van der Waals surface area contributed by atoms with E-state index in [1.54, 1.807) is 20.8 Å². The molecule has 4 aliphatic rings. The molecule has 2 aliphatic heterocycles. The fourth-order valence-electron chi connectivity index (χ4n) is 6.47. The molecule has 0 amide bonds. The number of hydrogen-bond acceptors (Lipinski definition) is 7. The number of aliphatic hydroxyl groups is 1. The van der Waals surface area contributed by atoms with Gasteiger partial charge in [0.2, 0.25) is 0 Å². The van der Waals surface area contributed by atoms with Crippen molar-refractivity contribution in [2.75, 3.05) is 6.61 Å². The molecule has 8 heteroatoms. The van der Waals surface area contributed by atoms with Crippen molar-refractivity contribution >= 4 is 23.7 Å². The minimum Gasteiger partial charge on any atom is -0.481 e. The zero-order chi connectivity index (χ0) is 20.6. The Labute approximate surface area is 161 Å². The fraction of sp³-hybridized carbons (Fsp3) is 0.700. The number of carboxylic acids is 1. The number of carbonyl (C=O) groups excluding carboxylic acids is 3. The number of ketones is 1. The molecule has 2 saturated heterocycles. The number of allylic oxidation sites excluding steroid dienone is 1. The molecular weight excluding hydrogens is 368 g/mol. The van der Waals surface area contributed by atoms with E-state index in [0.29, 0.717) is 6.42 Å². The second-order valence-electron chi connectivity index (χ2n) is 8.92. The molecule has 2 aliphatic carbocycles. The topological polar surface area (TPSA) is 127 Å². The summed E-state index contributed by atoms with van der Waals surface area (Å²) >= 11 is 0. The minimum absolute atomic E-state index is 0.0806. The summed E-state index contributed by atoms with van der Waals surface area (Å²) in [4.78, 5) is 49.5. The zero-order valence-corrected chi connectivity index (χ0v) is 16.0. The number of fused-ring (bicyclic) bond motifs is 2. The highest BCUT2D eigenvalue weighted by atomic mass is 16.6. The summed E-state index contributed by atoms with van der Waals surface area (Å²) in [6.45, 7) is 4.98. The predicted molar refractivity (Wildman–Crippen MR) is 92.7 cm³/mol. The van der Waals surface area contributed by atoms with Crippen molar-refractivity contribution < 1.29 is 38.9 Å². The molecule has 1 spiro atoms. The second kappa shape index (κ2) is 5.89. The molecule has 8 nitrogen and oxygen atoms in total. The Balaban J connectivity index is 1.93. The molecule has 3 fully saturated rings. The molecule has 2 N–H and O–H groups in total. The number of hydrogen-bond donors (Lipinski definition) is 2. The maximum Gasteiger partial charge on any atom is 0.310 e. The summed E-state index contributed by atoms with van der Waals surface area (Å²) in [7, 11) is 0. The van der Waals surface area contributed by atoms with Gasteiger partial charge >= 0.3 is 17.9 Å². The van der Waals surface area contributed by atoms with Crippen LogP contribution >= 0.6 is 0 Å². The van der Waals surface area contributed by atoms with Crippen molar-refractivity contribution in [2.24, 2.45) is 34.5 Å². The summed E-state index contributed by atoms with van der Waals surface area (Å²) in [5.41, 5.74) is -1.51. The summed E-state index contributed by atoms with van der Waals surface area (Å²) in [5.74, 6) is -5.35. The Morgan fingerprint density at radius 3 is 2.61 bits per heavy atom. The Morgan fingerprint density at radius 2 is 1.96 bits per heavy atom. The Kier molecular flexibility index (Phi) is 4.02. The number of aliphatic hydroxyl groups excluding tert-OH is 1. The van der Waals surface area contributed by atoms with E-state index in [-0.39, 0.29) is 18.9 Å². The van der Waals surface area contributed by atoms with Gasteiger partial charge in [-0.2, -0.15) is 0 Å². The van der Waals surface area contributed by atoms with Crippen molar-refractivity contribution in [1.29, 1.82) is 0 Å². The van der Waals surface area contributed by atoms with E-state index in [1.807, 2.05) is 0 Å². The maximum absolute atomic E-state index is 12.9. The highest BCUT2D eigenvalue weighted by Gasteiger charge is 2.75. The van der Waals surface area contributed by atoms with Crippen LogP contribution in [0.2, 0.25) is 0 Å². The first kappa shape index (κ1) is 19.1. The summed E-state index contributed by atoms with van der Waals surface area (Å²) in [6, 6.07) is 0. The van der Waals surface area contributed by atoms with Gasteiger partial charge < -0.3 is 19.7 Å². The quantitative estimate of drug-likeness (QED) is 0.658. The fourth-order valence-corrected chi connectivity index (χ4v) is 6.47. The van der Waals surface area contributed by atoms with Crippen LogP contribution in [-0.4, -0.2) is 52.7 Å². The molecule has 0 aromatic heterocycles. The van der Waals surface area contributed by atoms with E-state index in [0.717, 1.165) is 5.57 Å². The maximum atomic E-state index is 12.9. The van der Waals surface area contributed by atoms with Crippen molar-refractivity contribution in [2.45, 2.75) is 45.8 Å². The number of carbonyl (C=O) groups is 4. The molecule has 1 saturated carbocycles. The van der Waals surface area contributed by atoms with Crippen LogP contribution in [0, 0.1) is 34.5 Å². The van der Waals surface area contributed by atoms with Gasteiger partial charge in [0.25, 0.3) is 0 Å². The van der Waals surface area contributed by atoms with Crippen LogP contribution in [0.1, 0.15) is 33.6 Å². The second-order valence-corrected chi connectivity index (χ2v) is 8.92. The number of carboxylic acid groups (broad SMARTS) is 1. The van der Waals surface area contributed by atoms with Crippen LogP contribution in [0.3, 0.4) is 0 Å². The normalized spacial score (nSPS) is 47.3. The lowest BCUT2D eigenvalue weighted by Gasteiger charge is -2.61. The molecule has 4 rings (SSSR count). The third-order valence-electron chi connectivity index (χ3n) is 7.76. The monoisotopic (exact) mass is 392 g/mol. The van der Waals surface area contributed by atoms with E-state index >= 15 is 0 Å². The minimum atomic E-state index is -1.41. The number of esters is 2. The number of cyclic esters (lactones) is 1. The summed E-state index contributed by atoms with van der Waals surface area (Å²) in [5, 5.41) is 20.3. The molecule has 2 heterocycles. The third-order valence-corrected chi connectivity index (χ3v) is 7.76. The standard InChI is InChI=1S/C20H24O8/c1-8-4-12(21)16(24)19(3)10(8)5-13-20(7-27-18(26)15(19)20)11(6-14(22)23)9(2)17(25)28-13/h4,9-11,13,15-16,24H,5-7H2,1-3H3,(H,22,23)/t9-,10+,11-,13+,15?,16+,19-,20+/m0/s1. The van der Waals surface area contributed by atoms with Crippen molar-refractivity contribution in [1.82, 2.24) is 0 Å². The van der Waals surface area contributed by atoms with Crippen molar-refractivity contribution in [3.8, 4) is 0 Å². The van der Waals surface area contributed by atoms with Gasteiger partial charge in [-0.15, -0.1) is 0 Å². The lowest BCUT2D eigenvalue weighted by molar-refractivity contribution is -0.230. The largest absolute Gasteiger partial charge is 0.481 e. The van der Waals surface area contributed by atoms with Crippen LogP contribution in [0.25, 0.3) is 0 Å². The number of ether oxygens (including phenoxy) is 2. The van der Waals surface area contributed by atoms with Crippen LogP contribution in [-0.2, 0) is 28.7 Å². The molecule has 152 valence electrons. The first-order chi connectivity index (χ1) is 13.0. The summed E-state index contributed by atoms with van der Waals surface area (Å²) in [6.07, 6.45) is -0.747. The highest BCUT2D eigenvalue weighted by molar-refractivity contribution is 5.97. The average molecular weight is 392 g/mol. The van der Waals surface area contributed by atoms with Crippen molar-refractivity contribution in [3.05, 3.63) is 11.6 Å². The van der Waals surface area contributed by atoms with Gasteiger partial charge in [0.15, 0.2) is 5.78 Å². The van der Waals surface area contributed by atoms with E-state index in [2.05, 4.69) is 0 Å². The molecule has 0 bridgehead atoms. The number of rotatable bonds is 2. The molecule has 1 unspecified atom stereocenters. The van der Waals surface area contributed by atoms with Gasteiger partial charge in [0.1, 0.15) is 18.8 Å². The molecule has 0 aromatic carbocycles. The third kappa shape index (κ3) is 2.15. The van der Waals surface area contributed by atoms with Crippen LogP contribution in [0.5, 0.6) is 0 Å². The van der Waals surface area contributed by atoms with Crippen molar-refractivity contribution in [3.63, 3.8) is 0 Å². The first-order valence-corrected chi connectivity index (χ1v) is 9.54. The highest BCUT2D eigenvalue weighted by Crippen LogP contribution is 2.67. The van der Waals surface area contributed by atoms with E-state index in [9.17, 15) is 29.4 Å². The van der Waals surface area contributed by atoms with Gasteiger partial charge in [-0.1, -0.05) is 19.4 Å². The van der Waals surface area contributed by atoms with E-state index in [4.69, 9.17) is 9.47 Å². The molecule has 0 aromatic rings.